The SMILES string of the molecule is CCC(C)C(NC(=O)CC(C)Cc1cccc(F)c1)C(=O)O. The Morgan fingerprint density at radius 1 is 1.32 bits per heavy atom. The summed E-state index contributed by atoms with van der Waals surface area (Å²) >= 11 is 0. The Balaban J connectivity index is 2.54. The molecule has 0 aromatic heterocycles. The van der Waals surface area contributed by atoms with Gasteiger partial charge in [0.2, 0.25) is 5.91 Å². The molecular formula is C17H24FNO3. The van der Waals surface area contributed by atoms with E-state index in [1.54, 1.807) is 13.0 Å². The predicted molar refractivity (Wildman–Crippen MR) is 82.9 cm³/mol. The highest BCUT2D eigenvalue weighted by molar-refractivity contribution is 5.83. The summed E-state index contributed by atoms with van der Waals surface area (Å²) < 4.78 is 13.1. The Morgan fingerprint density at radius 3 is 2.55 bits per heavy atom. The van der Waals surface area contributed by atoms with Gasteiger partial charge in [0.25, 0.3) is 0 Å². The summed E-state index contributed by atoms with van der Waals surface area (Å²) in [6.45, 7) is 5.58. The van der Waals surface area contributed by atoms with E-state index in [1.165, 1.54) is 12.1 Å². The fourth-order valence-electron chi connectivity index (χ4n) is 2.37. The van der Waals surface area contributed by atoms with E-state index in [-0.39, 0.29) is 30.0 Å². The number of carboxylic acids is 1. The van der Waals surface area contributed by atoms with E-state index in [9.17, 15) is 14.0 Å². The van der Waals surface area contributed by atoms with Crippen LogP contribution >= 0.6 is 0 Å². The molecule has 2 N–H and O–H groups in total. The summed E-state index contributed by atoms with van der Waals surface area (Å²) in [5.74, 6) is -1.71. The predicted octanol–water partition coefficient (Wildman–Crippen LogP) is 3.01. The molecule has 0 saturated carbocycles. The fraction of sp³-hybridized carbons (Fsp3) is 0.529. The molecule has 0 spiro atoms. The molecule has 0 heterocycles. The van der Waals surface area contributed by atoms with Crippen molar-refractivity contribution in [3.05, 3.63) is 35.6 Å². The molecule has 0 aliphatic rings. The maximum absolute atomic E-state index is 13.1. The maximum Gasteiger partial charge on any atom is 0.326 e. The van der Waals surface area contributed by atoms with Crippen molar-refractivity contribution in [2.24, 2.45) is 11.8 Å². The molecule has 0 fully saturated rings. The third kappa shape index (κ3) is 5.84. The Kier molecular flexibility index (Phi) is 7.02. The highest BCUT2D eigenvalue weighted by atomic mass is 19.1. The highest BCUT2D eigenvalue weighted by Crippen LogP contribution is 2.14. The molecule has 0 saturated heterocycles. The molecule has 0 bridgehead atoms. The maximum atomic E-state index is 13.1. The van der Waals surface area contributed by atoms with Gasteiger partial charge in [0.05, 0.1) is 0 Å². The second kappa shape index (κ2) is 8.51. The van der Waals surface area contributed by atoms with Gasteiger partial charge in [-0.15, -0.1) is 0 Å². The summed E-state index contributed by atoms with van der Waals surface area (Å²) in [6.07, 6.45) is 1.47. The second-order valence-corrected chi connectivity index (χ2v) is 5.91. The van der Waals surface area contributed by atoms with E-state index >= 15 is 0 Å². The van der Waals surface area contributed by atoms with Crippen molar-refractivity contribution in [1.82, 2.24) is 5.32 Å². The molecule has 1 amide bonds. The van der Waals surface area contributed by atoms with Gasteiger partial charge in [-0.25, -0.2) is 9.18 Å². The van der Waals surface area contributed by atoms with Crippen molar-refractivity contribution < 1.29 is 19.1 Å². The second-order valence-electron chi connectivity index (χ2n) is 5.91. The van der Waals surface area contributed by atoms with Gasteiger partial charge >= 0.3 is 5.97 Å². The van der Waals surface area contributed by atoms with Crippen LogP contribution in [0.2, 0.25) is 0 Å². The number of aliphatic carboxylic acids is 1. The Hall–Kier alpha value is -1.91. The van der Waals surface area contributed by atoms with E-state index in [0.29, 0.717) is 12.8 Å². The lowest BCUT2D eigenvalue weighted by molar-refractivity contribution is -0.143. The topological polar surface area (TPSA) is 66.4 Å². The Morgan fingerprint density at radius 2 is 2.00 bits per heavy atom. The van der Waals surface area contributed by atoms with Crippen molar-refractivity contribution >= 4 is 11.9 Å². The smallest absolute Gasteiger partial charge is 0.326 e. The Labute approximate surface area is 130 Å². The van der Waals surface area contributed by atoms with Gasteiger partial charge in [0.15, 0.2) is 0 Å². The minimum absolute atomic E-state index is 0.00757. The number of amides is 1. The van der Waals surface area contributed by atoms with Crippen LogP contribution < -0.4 is 5.32 Å². The zero-order chi connectivity index (χ0) is 16.7. The minimum atomic E-state index is -1.01. The van der Waals surface area contributed by atoms with Gasteiger partial charge < -0.3 is 10.4 Å². The third-order valence-electron chi connectivity index (χ3n) is 3.80. The van der Waals surface area contributed by atoms with Crippen LogP contribution in [0.5, 0.6) is 0 Å². The van der Waals surface area contributed by atoms with Crippen LogP contribution in [-0.2, 0) is 16.0 Å². The van der Waals surface area contributed by atoms with Gasteiger partial charge in [-0.2, -0.15) is 0 Å². The average Bonchev–Trinajstić information content (AvgIpc) is 2.43. The molecule has 1 aromatic rings. The molecule has 1 rings (SSSR count). The first-order valence-electron chi connectivity index (χ1n) is 7.60. The summed E-state index contributed by atoms with van der Waals surface area (Å²) in [4.78, 5) is 23.2. The zero-order valence-corrected chi connectivity index (χ0v) is 13.3. The van der Waals surface area contributed by atoms with Crippen molar-refractivity contribution in [3.8, 4) is 0 Å². The van der Waals surface area contributed by atoms with E-state index in [1.807, 2.05) is 19.9 Å². The lowest BCUT2D eigenvalue weighted by atomic mass is 9.96. The molecule has 0 aliphatic heterocycles. The van der Waals surface area contributed by atoms with Crippen LogP contribution in [0.4, 0.5) is 4.39 Å². The summed E-state index contributed by atoms with van der Waals surface area (Å²) in [5, 5.41) is 11.7. The number of halogens is 1. The van der Waals surface area contributed by atoms with E-state index < -0.39 is 12.0 Å². The van der Waals surface area contributed by atoms with Crippen LogP contribution in [0.1, 0.15) is 39.2 Å². The average molecular weight is 309 g/mol. The Bertz CT molecular complexity index is 518. The van der Waals surface area contributed by atoms with E-state index in [2.05, 4.69) is 5.32 Å². The number of rotatable bonds is 8. The van der Waals surface area contributed by atoms with Crippen LogP contribution in [0.3, 0.4) is 0 Å². The molecular weight excluding hydrogens is 285 g/mol. The van der Waals surface area contributed by atoms with Gasteiger partial charge in [-0.05, 0) is 36.0 Å². The molecule has 3 unspecified atom stereocenters. The first kappa shape index (κ1) is 18.1. The third-order valence-corrected chi connectivity index (χ3v) is 3.80. The number of carbonyl (C=O) groups is 2. The van der Waals surface area contributed by atoms with Gasteiger partial charge in [0, 0.05) is 6.42 Å². The molecule has 0 aliphatic carbocycles. The zero-order valence-electron chi connectivity index (χ0n) is 13.3. The van der Waals surface area contributed by atoms with Crippen LogP contribution in [0.15, 0.2) is 24.3 Å². The lowest BCUT2D eigenvalue weighted by Gasteiger charge is -2.21. The molecule has 1 aromatic carbocycles. The highest BCUT2D eigenvalue weighted by Gasteiger charge is 2.25. The number of hydrogen-bond acceptors (Lipinski definition) is 2. The van der Waals surface area contributed by atoms with Crippen LogP contribution in [0.25, 0.3) is 0 Å². The first-order valence-corrected chi connectivity index (χ1v) is 7.60. The number of carboxylic acid groups (broad SMARTS) is 1. The van der Waals surface area contributed by atoms with E-state index in [0.717, 1.165) is 5.56 Å². The van der Waals surface area contributed by atoms with Crippen molar-refractivity contribution in [3.63, 3.8) is 0 Å². The van der Waals surface area contributed by atoms with E-state index in [4.69, 9.17) is 5.11 Å². The molecule has 5 heteroatoms. The number of benzene rings is 1. The first-order chi connectivity index (χ1) is 10.3. The van der Waals surface area contributed by atoms with Gasteiger partial charge in [-0.3, -0.25) is 4.79 Å². The van der Waals surface area contributed by atoms with Crippen LogP contribution in [0, 0.1) is 17.7 Å². The lowest BCUT2D eigenvalue weighted by Crippen LogP contribution is -2.45. The van der Waals surface area contributed by atoms with Gasteiger partial charge in [0.1, 0.15) is 11.9 Å². The van der Waals surface area contributed by atoms with Crippen LogP contribution in [-0.4, -0.2) is 23.0 Å². The standard InChI is InChI=1S/C17H24FNO3/c1-4-12(3)16(17(21)22)19-15(20)9-11(2)8-13-6-5-7-14(18)10-13/h5-7,10-12,16H,4,8-9H2,1-3H3,(H,19,20)(H,21,22). The molecule has 4 nitrogen and oxygen atoms in total. The summed E-state index contributed by atoms with van der Waals surface area (Å²) in [7, 11) is 0. The molecule has 122 valence electrons. The quantitative estimate of drug-likeness (QED) is 0.776. The fourth-order valence-corrected chi connectivity index (χ4v) is 2.37. The monoisotopic (exact) mass is 309 g/mol. The molecule has 3 atom stereocenters. The van der Waals surface area contributed by atoms with Crippen molar-refractivity contribution in [2.45, 2.75) is 46.1 Å². The molecule has 0 radical (unpaired) electrons. The number of carbonyl (C=O) groups excluding carboxylic acids is 1. The van der Waals surface area contributed by atoms with Crippen molar-refractivity contribution in [2.75, 3.05) is 0 Å². The summed E-state index contributed by atoms with van der Waals surface area (Å²) in [6, 6.07) is 5.43. The number of hydrogen-bond donors (Lipinski definition) is 2. The minimum Gasteiger partial charge on any atom is -0.480 e. The molecule has 22 heavy (non-hydrogen) atoms. The normalized spacial score (nSPS) is 14.9. The van der Waals surface area contributed by atoms with Crippen molar-refractivity contribution in [1.29, 1.82) is 0 Å². The number of nitrogens with one attached hydrogen (secondary N) is 1. The largest absolute Gasteiger partial charge is 0.480 e. The summed E-state index contributed by atoms with van der Waals surface area (Å²) in [5.41, 5.74) is 0.831. The van der Waals surface area contributed by atoms with Gasteiger partial charge in [-0.1, -0.05) is 39.3 Å².